The molecule has 1 saturated heterocycles. The van der Waals surface area contributed by atoms with Crippen molar-refractivity contribution in [3.8, 4) is 0 Å². The van der Waals surface area contributed by atoms with Crippen molar-refractivity contribution in [1.82, 2.24) is 10.6 Å². The van der Waals surface area contributed by atoms with Crippen LogP contribution in [0.25, 0.3) is 0 Å². The summed E-state index contributed by atoms with van der Waals surface area (Å²) < 4.78 is 5.51. The summed E-state index contributed by atoms with van der Waals surface area (Å²) in [5.41, 5.74) is 0. The van der Waals surface area contributed by atoms with Crippen molar-refractivity contribution in [2.24, 2.45) is 0 Å². The van der Waals surface area contributed by atoms with E-state index in [1.807, 2.05) is 13.8 Å². The van der Waals surface area contributed by atoms with Gasteiger partial charge in [-0.05, 0) is 33.1 Å². The van der Waals surface area contributed by atoms with Gasteiger partial charge in [-0.3, -0.25) is 4.79 Å². The van der Waals surface area contributed by atoms with E-state index in [9.17, 15) is 4.79 Å². The van der Waals surface area contributed by atoms with E-state index in [4.69, 9.17) is 4.74 Å². The van der Waals surface area contributed by atoms with E-state index in [1.165, 1.54) is 0 Å². The van der Waals surface area contributed by atoms with E-state index in [0.29, 0.717) is 6.10 Å². The second-order valence-corrected chi connectivity index (χ2v) is 4.96. The van der Waals surface area contributed by atoms with Crippen molar-refractivity contribution in [2.45, 2.75) is 64.6 Å². The highest BCUT2D eigenvalue weighted by Crippen LogP contribution is 2.10. The lowest BCUT2D eigenvalue weighted by molar-refractivity contribution is -0.123. The Balaban J connectivity index is 2.16. The molecule has 1 rings (SSSR count). The zero-order valence-corrected chi connectivity index (χ0v) is 11.3. The monoisotopic (exact) mass is 242 g/mol. The molecule has 1 aliphatic heterocycles. The van der Waals surface area contributed by atoms with Gasteiger partial charge in [-0.25, -0.2) is 0 Å². The standard InChI is InChI=1S/C13H26N2O2/c1-4-6-10(2)15-13(16)11(3)14-9-12-7-5-8-17-12/h10-12,14H,4-9H2,1-3H3,(H,15,16). The summed E-state index contributed by atoms with van der Waals surface area (Å²) in [5, 5.41) is 6.25. The quantitative estimate of drug-likeness (QED) is 0.710. The highest BCUT2D eigenvalue weighted by molar-refractivity contribution is 5.81. The van der Waals surface area contributed by atoms with Crippen LogP contribution in [0.5, 0.6) is 0 Å². The highest BCUT2D eigenvalue weighted by atomic mass is 16.5. The molecule has 1 heterocycles. The van der Waals surface area contributed by atoms with E-state index in [-0.39, 0.29) is 18.0 Å². The first-order valence-corrected chi connectivity index (χ1v) is 6.78. The maximum Gasteiger partial charge on any atom is 0.237 e. The summed E-state index contributed by atoms with van der Waals surface area (Å²) in [7, 11) is 0. The molecule has 0 saturated carbocycles. The Labute approximate surface area is 104 Å². The molecule has 0 aliphatic carbocycles. The lowest BCUT2D eigenvalue weighted by Crippen LogP contribution is -2.47. The predicted octanol–water partition coefficient (Wildman–Crippen LogP) is 1.45. The molecule has 4 nitrogen and oxygen atoms in total. The minimum Gasteiger partial charge on any atom is -0.377 e. The molecular formula is C13H26N2O2. The smallest absolute Gasteiger partial charge is 0.237 e. The fourth-order valence-corrected chi connectivity index (χ4v) is 2.08. The van der Waals surface area contributed by atoms with Crippen LogP contribution < -0.4 is 10.6 Å². The molecule has 0 aromatic carbocycles. The molecule has 4 heteroatoms. The number of nitrogens with one attached hydrogen (secondary N) is 2. The zero-order chi connectivity index (χ0) is 12.7. The minimum atomic E-state index is -0.140. The Morgan fingerprint density at radius 3 is 2.82 bits per heavy atom. The topological polar surface area (TPSA) is 50.4 Å². The molecule has 100 valence electrons. The van der Waals surface area contributed by atoms with E-state index < -0.39 is 0 Å². The highest BCUT2D eigenvalue weighted by Gasteiger charge is 2.19. The lowest BCUT2D eigenvalue weighted by Gasteiger charge is -2.19. The average Bonchev–Trinajstić information content (AvgIpc) is 2.78. The molecule has 3 unspecified atom stereocenters. The Hall–Kier alpha value is -0.610. The Morgan fingerprint density at radius 2 is 2.24 bits per heavy atom. The summed E-state index contributed by atoms with van der Waals surface area (Å²) in [5.74, 6) is 0.0870. The number of ether oxygens (including phenoxy) is 1. The molecule has 1 fully saturated rings. The average molecular weight is 242 g/mol. The van der Waals surface area contributed by atoms with Gasteiger partial charge in [0.15, 0.2) is 0 Å². The van der Waals surface area contributed by atoms with Crippen LogP contribution in [0, 0.1) is 0 Å². The molecule has 17 heavy (non-hydrogen) atoms. The lowest BCUT2D eigenvalue weighted by atomic mass is 10.2. The second-order valence-electron chi connectivity index (χ2n) is 4.96. The summed E-state index contributed by atoms with van der Waals surface area (Å²) in [4.78, 5) is 11.8. The third kappa shape index (κ3) is 5.50. The van der Waals surface area contributed by atoms with Crippen LogP contribution in [0.15, 0.2) is 0 Å². The normalized spacial score (nSPS) is 23.4. The number of carbonyl (C=O) groups is 1. The Bertz CT molecular complexity index is 227. The number of carbonyl (C=O) groups excluding carboxylic acids is 1. The van der Waals surface area contributed by atoms with Crippen LogP contribution in [0.3, 0.4) is 0 Å². The first kappa shape index (κ1) is 14.5. The minimum absolute atomic E-state index is 0.0870. The van der Waals surface area contributed by atoms with Gasteiger partial charge >= 0.3 is 0 Å². The van der Waals surface area contributed by atoms with Gasteiger partial charge in [0.1, 0.15) is 0 Å². The van der Waals surface area contributed by atoms with Crippen LogP contribution in [0.4, 0.5) is 0 Å². The SMILES string of the molecule is CCCC(C)NC(=O)C(C)NCC1CCCO1. The fraction of sp³-hybridized carbons (Fsp3) is 0.923. The van der Waals surface area contributed by atoms with Crippen LogP contribution >= 0.6 is 0 Å². The predicted molar refractivity (Wildman–Crippen MR) is 69.0 cm³/mol. The number of hydrogen-bond acceptors (Lipinski definition) is 3. The largest absolute Gasteiger partial charge is 0.377 e. The van der Waals surface area contributed by atoms with E-state index in [0.717, 1.165) is 38.8 Å². The number of hydrogen-bond donors (Lipinski definition) is 2. The summed E-state index contributed by atoms with van der Waals surface area (Å²) in [6.45, 7) is 7.72. The van der Waals surface area contributed by atoms with Crippen molar-refractivity contribution >= 4 is 5.91 Å². The zero-order valence-electron chi connectivity index (χ0n) is 11.3. The van der Waals surface area contributed by atoms with Gasteiger partial charge < -0.3 is 15.4 Å². The summed E-state index contributed by atoms with van der Waals surface area (Å²) in [6, 6.07) is 0.123. The molecule has 0 spiro atoms. The molecule has 1 aliphatic rings. The van der Waals surface area contributed by atoms with Crippen molar-refractivity contribution in [3.63, 3.8) is 0 Å². The Kier molecular flexibility index (Phi) is 6.52. The van der Waals surface area contributed by atoms with Crippen LogP contribution in [-0.4, -0.2) is 37.2 Å². The van der Waals surface area contributed by atoms with E-state index in [2.05, 4.69) is 17.6 Å². The molecule has 0 bridgehead atoms. The Morgan fingerprint density at radius 1 is 1.47 bits per heavy atom. The van der Waals surface area contributed by atoms with Crippen LogP contribution in [0.1, 0.15) is 46.5 Å². The molecule has 0 radical (unpaired) electrons. The molecule has 2 N–H and O–H groups in total. The van der Waals surface area contributed by atoms with Crippen molar-refractivity contribution in [3.05, 3.63) is 0 Å². The first-order chi connectivity index (χ1) is 8.13. The first-order valence-electron chi connectivity index (χ1n) is 6.78. The fourth-order valence-electron chi connectivity index (χ4n) is 2.08. The molecule has 0 aromatic heterocycles. The van der Waals surface area contributed by atoms with Gasteiger partial charge in [-0.1, -0.05) is 13.3 Å². The van der Waals surface area contributed by atoms with Crippen molar-refractivity contribution in [2.75, 3.05) is 13.2 Å². The van der Waals surface area contributed by atoms with Gasteiger partial charge in [0.25, 0.3) is 0 Å². The maximum atomic E-state index is 11.8. The second kappa shape index (κ2) is 7.67. The van der Waals surface area contributed by atoms with Gasteiger partial charge in [-0.2, -0.15) is 0 Å². The third-order valence-electron chi connectivity index (χ3n) is 3.18. The molecule has 3 atom stereocenters. The van der Waals surface area contributed by atoms with Crippen molar-refractivity contribution in [1.29, 1.82) is 0 Å². The number of amides is 1. The number of rotatable bonds is 7. The van der Waals surface area contributed by atoms with Gasteiger partial charge in [-0.15, -0.1) is 0 Å². The molecular weight excluding hydrogens is 216 g/mol. The maximum absolute atomic E-state index is 11.8. The van der Waals surface area contributed by atoms with Gasteiger partial charge in [0.05, 0.1) is 12.1 Å². The van der Waals surface area contributed by atoms with Gasteiger partial charge in [0.2, 0.25) is 5.91 Å². The van der Waals surface area contributed by atoms with E-state index in [1.54, 1.807) is 0 Å². The van der Waals surface area contributed by atoms with E-state index >= 15 is 0 Å². The summed E-state index contributed by atoms with van der Waals surface area (Å²) >= 11 is 0. The van der Waals surface area contributed by atoms with Crippen LogP contribution in [0.2, 0.25) is 0 Å². The van der Waals surface area contributed by atoms with Crippen molar-refractivity contribution < 1.29 is 9.53 Å². The molecule has 1 amide bonds. The third-order valence-corrected chi connectivity index (χ3v) is 3.18. The van der Waals surface area contributed by atoms with Crippen LogP contribution in [-0.2, 0) is 9.53 Å². The molecule has 0 aromatic rings. The van der Waals surface area contributed by atoms with Gasteiger partial charge in [0, 0.05) is 19.2 Å². The summed E-state index contributed by atoms with van der Waals surface area (Å²) in [6.07, 6.45) is 4.66.